The number of anilines is 2. The molecule has 0 bridgehead atoms. The van der Waals surface area contributed by atoms with Gasteiger partial charge < -0.3 is 4.74 Å². The summed E-state index contributed by atoms with van der Waals surface area (Å²) < 4.78 is 5.14. The van der Waals surface area contributed by atoms with Crippen molar-refractivity contribution in [2.24, 2.45) is 0 Å². The summed E-state index contributed by atoms with van der Waals surface area (Å²) in [6.07, 6.45) is 5.42. The van der Waals surface area contributed by atoms with Crippen LogP contribution in [-0.4, -0.2) is 11.9 Å². The first-order chi connectivity index (χ1) is 15.1. The molecule has 0 aliphatic carbocycles. The van der Waals surface area contributed by atoms with Crippen LogP contribution < -0.4 is 9.64 Å². The summed E-state index contributed by atoms with van der Waals surface area (Å²) in [5.74, 6) is 0.408. The first-order valence-electron chi connectivity index (χ1n) is 10.8. The Bertz CT molecular complexity index is 931. The summed E-state index contributed by atoms with van der Waals surface area (Å²) in [6, 6.07) is 27.3. The van der Waals surface area contributed by atoms with E-state index in [2.05, 4.69) is 0 Å². The van der Waals surface area contributed by atoms with Gasteiger partial charge in [-0.3, -0.25) is 14.5 Å². The molecule has 3 aromatic carbocycles. The number of unbranched alkanes of at least 4 members (excludes halogenated alkanes) is 3. The quantitative estimate of drug-likeness (QED) is 0.217. The van der Waals surface area contributed by atoms with Crippen LogP contribution in [0.2, 0.25) is 0 Å². The lowest BCUT2D eigenvalue weighted by Gasteiger charge is -2.23. The molecule has 0 atom stereocenters. The molecule has 0 fully saturated rings. The molecular weight excluding hydrogens is 386 g/mol. The van der Waals surface area contributed by atoms with Crippen LogP contribution >= 0.6 is 0 Å². The molecule has 4 heteroatoms. The highest BCUT2D eigenvalue weighted by Crippen LogP contribution is 2.26. The lowest BCUT2D eigenvalue weighted by atomic mass is 10.0. The van der Waals surface area contributed by atoms with Crippen LogP contribution in [0, 0.1) is 0 Å². The van der Waals surface area contributed by atoms with Crippen LogP contribution in [0.4, 0.5) is 11.4 Å². The van der Waals surface area contributed by atoms with Gasteiger partial charge in [0.15, 0.2) is 0 Å². The molecule has 0 saturated heterocycles. The summed E-state index contributed by atoms with van der Waals surface area (Å²) in [5, 5.41) is 0. The fourth-order valence-corrected chi connectivity index (χ4v) is 3.59. The summed E-state index contributed by atoms with van der Waals surface area (Å²) >= 11 is 0. The van der Waals surface area contributed by atoms with Gasteiger partial charge >= 0.3 is 5.97 Å². The Labute approximate surface area is 184 Å². The van der Waals surface area contributed by atoms with Crippen LogP contribution in [0.25, 0.3) is 0 Å². The summed E-state index contributed by atoms with van der Waals surface area (Å²) in [4.78, 5) is 25.9. The van der Waals surface area contributed by atoms with Crippen LogP contribution in [0.5, 0.6) is 5.75 Å². The van der Waals surface area contributed by atoms with Crippen LogP contribution in [0.3, 0.4) is 0 Å². The highest BCUT2D eigenvalue weighted by molar-refractivity contribution is 6.00. The fourth-order valence-electron chi connectivity index (χ4n) is 3.59. The maximum Gasteiger partial charge on any atom is 0.308 e. The Hall–Kier alpha value is -3.40. The molecule has 0 heterocycles. The minimum atomic E-state index is -0.304. The third-order valence-corrected chi connectivity index (χ3v) is 5.04. The predicted molar refractivity (Wildman–Crippen MR) is 125 cm³/mol. The van der Waals surface area contributed by atoms with Crippen molar-refractivity contribution in [3.05, 3.63) is 90.5 Å². The molecule has 3 aromatic rings. The zero-order valence-corrected chi connectivity index (χ0v) is 18.0. The van der Waals surface area contributed by atoms with Crippen molar-refractivity contribution in [2.75, 3.05) is 4.90 Å². The Kier molecular flexibility index (Phi) is 8.41. The second-order valence-corrected chi connectivity index (χ2v) is 7.56. The molecule has 0 spiro atoms. The fraction of sp³-hybridized carbons (Fsp3) is 0.259. The molecule has 0 radical (unpaired) electrons. The van der Waals surface area contributed by atoms with E-state index >= 15 is 0 Å². The van der Waals surface area contributed by atoms with E-state index in [9.17, 15) is 9.59 Å². The van der Waals surface area contributed by atoms with Crippen LogP contribution in [-0.2, 0) is 16.0 Å². The van der Waals surface area contributed by atoms with Gasteiger partial charge in [0.2, 0.25) is 5.91 Å². The molecule has 3 rings (SSSR count). The molecule has 0 aromatic heterocycles. The number of para-hydroxylation sites is 2. The van der Waals surface area contributed by atoms with Crippen LogP contribution in [0.15, 0.2) is 84.9 Å². The van der Waals surface area contributed by atoms with Gasteiger partial charge in [-0.15, -0.1) is 0 Å². The third kappa shape index (κ3) is 7.10. The smallest absolute Gasteiger partial charge is 0.308 e. The van der Waals surface area contributed by atoms with Crippen molar-refractivity contribution in [1.29, 1.82) is 0 Å². The van der Waals surface area contributed by atoms with E-state index in [4.69, 9.17) is 4.74 Å². The molecule has 31 heavy (non-hydrogen) atoms. The maximum absolute atomic E-state index is 13.0. The number of carbonyl (C=O) groups excluding carboxylic acids is 2. The Morgan fingerprint density at radius 1 is 0.742 bits per heavy atom. The van der Waals surface area contributed by atoms with Gasteiger partial charge in [-0.1, -0.05) is 61.4 Å². The molecule has 0 N–H and O–H groups in total. The molecule has 0 aliphatic heterocycles. The molecule has 1 amide bonds. The second kappa shape index (κ2) is 11.7. The first kappa shape index (κ1) is 22.3. The van der Waals surface area contributed by atoms with Gasteiger partial charge in [-0.25, -0.2) is 0 Å². The van der Waals surface area contributed by atoms with Gasteiger partial charge in [0.1, 0.15) is 5.75 Å². The molecule has 0 saturated carbocycles. The topological polar surface area (TPSA) is 46.6 Å². The largest absolute Gasteiger partial charge is 0.427 e. The van der Waals surface area contributed by atoms with Gasteiger partial charge in [0.05, 0.1) is 0 Å². The van der Waals surface area contributed by atoms with Crippen molar-refractivity contribution in [3.63, 3.8) is 0 Å². The number of rotatable bonds is 10. The molecule has 4 nitrogen and oxygen atoms in total. The minimum absolute atomic E-state index is 0.117. The maximum atomic E-state index is 13.0. The van der Waals surface area contributed by atoms with Gasteiger partial charge in [-0.2, -0.15) is 0 Å². The molecule has 160 valence electrons. The highest BCUT2D eigenvalue weighted by Gasteiger charge is 2.17. The Morgan fingerprint density at radius 3 is 1.97 bits per heavy atom. The average Bonchev–Trinajstić information content (AvgIpc) is 2.78. The van der Waals surface area contributed by atoms with Crippen LogP contribution in [0.1, 0.15) is 44.6 Å². The van der Waals surface area contributed by atoms with Crippen molar-refractivity contribution < 1.29 is 14.3 Å². The summed E-state index contributed by atoms with van der Waals surface area (Å²) in [7, 11) is 0. The van der Waals surface area contributed by atoms with E-state index in [-0.39, 0.29) is 11.9 Å². The number of hydrogen-bond acceptors (Lipinski definition) is 3. The average molecular weight is 416 g/mol. The summed E-state index contributed by atoms with van der Waals surface area (Å²) in [5.41, 5.74) is 2.95. The van der Waals surface area contributed by atoms with E-state index in [1.165, 1.54) is 6.92 Å². The number of hydrogen-bond donors (Lipinski definition) is 0. The van der Waals surface area contributed by atoms with Gasteiger partial charge in [0.25, 0.3) is 0 Å². The third-order valence-electron chi connectivity index (χ3n) is 5.04. The number of amides is 1. The first-order valence-corrected chi connectivity index (χ1v) is 10.8. The molecule has 0 unspecified atom stereocenters. The van der Waals surface area contributed by atoms with E-state index in [0.29, 0.717) is 12.2 Å². The van der Waals surface area contributed by atoms with E-state index in [1.807, 2.05) is 78.9 Å². The molecular formula is C27H29NO3. The lowest BCUT2D eigenvalue weighted by Crippen LogP contribution is -2.25. The SMILES string of the molecule is CC(=O)Oc1cccc(CCCCCCC(=O)N(c2ccccc2)c2ccccc2)c1. The lowest BCUT2D eigenvalue weighted by molar-refractivity contribution is -0.131. The van der Waals surface area contributed by atoms with Gasteiger partial charge in [0, 0.05) is 24.7 Å². The van der Waals surface area contributed by atoms with E-state index in [0.717, 1.165) is 49.0 Å². The van der Waals surface area contributed by atoms with Gasteiger partial charge in [-0.05, 0) is 61.2 Å². The standard InChI is InChI=1S/C27H29NO3/c1-22(29)31-26-19-12-14-23(21-26)13-6-2-3-11-20-27(30)28(24-15-7-4-8-16-24)25-17-9-5-10-18-25/h4-5,7-10,12,14-19,21H,2-3,6,11,13,20H2,1H3. The normalized spacial score (nSPS) is 10.5. The molecule has 0 aliphatic rings. The number of ether oxygens (including phenoxy) is 1. The monoisotopic (exact) mass is 415 g/mol. The number of benzene rings is 3. The highest BCUT2D eigenvalue weighted by atomic mass is 16.5. The number of nitrogens with zero attached hydrogens (tertiary/aromatic N) is 1. The zero-order valence-electron chi connectivity index (χ0n) is 18.0. The van der Waals surface area contributed by atoms with E-state index in [1.54, 1.807) is 11.0 Å². The summed E-state index contributed by atoms with van der Waals surface area (Å²) in [6.45, 7) is 1.41. The Balaban J connectivity index is 1.46. The Morgan fingerprint density at radius 2 is 1.35 bits per heavy atom. The van der Waals surface area contributed by atoms with E-state index < -0.39 is 0 Å². The van der Waals surface area contributed by atoms with Crippen molar-refractivity contribution >= 4 is 23.3 Å². The van der Waals surface area contributed by atoms with Crippen molar-refractivity contribution in [1.82, 2.24) is 0 Å². The number of carbonyl (C=O) groups is 2. The van der Waals surface area contributed by atoms with Crippen molar-refractivity contribution in [3.8, 4) is 5.75 Å². The second-order valence-electron chi connectivity index (χ2n) is 7.56. The zero-order chi connectivity index (χ0) is 21.9. The number of aryl methyl sites for hydroxylation is 1. The predicted octanol–water partition coefficient (Wildman–Crippen LogP) is 6.47. The van der Waals surface area contributed by atoms with Crippen molar-refractivity contribution in [2.45, 2.75) is 45.4 Å². The number of esters is 1. The minimum Gasteiger partial charge on any atom is -0.427 e.